The van der Waals surface area contributed by atoms with Gasteiger partial charge in [-0.3, -0.25) is 0 Å². The lowest BCUT2D eigenvalue weighted by molar-refractivity contribution is -0.0121. The molecular formula is C12H9BrF3N. The van der Waals surface area contributed by atoms with Gasteiger partial charge in [-0.1, -0.05) is 15.9 Å². The molecule has 0 fully saturated rings. The summed E-state index contributed by atoms with van der Waals surface area (Å²) in [5, 5.41) is 0.561. The number of nitrogens with one attached hydrogen (secondary N) is 1. The molecule has 0 radical (unpaired) electrons. The molecule has 5 heteroatoms. The molecule has 17 heavy (non-hydrogen) atoms. The van der Waals surface area contributed by atoms with Crippen LogP contribution in [0, 0.1) is 5.82 Å². The van der Waals surface area contributed by atoms with Crippen LogP contribution in [-0.4, -0.2) is 10.9 Å². The van der Waals surface area contributed by atoms with Crippen molar-refractivity contribution >= 4 is 26.8 Å². The van der Waals surface area contributed by atoms with Crippen molar-refractivity contribution in [2.24, 2.45) is 0 Å². The second kappa shape index (κ2) is 3.51. The van der Waals surface area contributed by atoms with Crippen molar-refractivity contribution in [2.75, 3.05) is 0 Å². The predicted molar refractivity (Wildman–Crippen MR) is 62.9 cm³/mol. The molecule has 0 aliphatic heterocycles. The van der Waals surface area contributed by atoms with Crippen molar-refractivity contribution in [3.05, 3.63) is 33.7 Å². The average Bonchev–Trinajstić information content (AvgIpc) is 2.55. The second-order valence-corrected chi connectivity index (χ2v) is 5.34. The highest BCUT2D eigenvalue weighted by Crippen LogP contribution is 2.38. The fourth-order valence-corrected chi connectivity index (χ4v) is 2.83. The Kier molecular flexibility index (Phi) is 2.30. The molecule has 0 saturated carbocycles. The van der Waals surface area contributed by atoms with E-state index in [4.69, 9.17) is 0 Å². The maximum absolute atomic E-state index is 13.7. The molecule has 0 atom stereocenters. The van der Waals surface area contributed by atoms with E-state index in [-0.39, 0.29) is 19.3 Å². The summed E-state index contributed by atoms with van der Waals surface area (Å²) in [6.07, 6.45) is -0.206. The largest absolute Gasteiger partial charge is 0.356 e. The van der Waals surface area contributed by atoms with Gasteiger partial charge in [0, 0.05) is 28.4 Å². The van der Waals surface area contributed by atoms with Gasteiger partial charge < -0.3 is 4.98 Å². The third-order valence-corrected chi connectivity index (χ3v) is 3.65. The van der Waals surface area contributed by atoms with Crippen LogP contribution in [0.4, 0.5) is 13.2 Å². The Morgan fingerprint density at radius 2 is 2.06 bits per heavy atom. The highest BCUT2D eigenvalue weighted by atomic mass is 79.9. The number of hydrogen-bond acceptors (Lipinski definition) is 0. The van der Waals surface area contributed by atoms with E-state index in [1.165, 1.54) is 6.07 Å². The van der Waals surface area contributed by atoms with Gasteiger partial charge in [-0.25, -0.2) is 13.2 Å². The van der Waals surface area contributed by atoms with E-state index in [0.717, 1.165) is 5.69 Å². The number of hydrogen-bond donors (Lipinski definition) is 1. The van der Waals surface area contributed by atoms with Crippen molar-refractivity contribution < 1.29 is 13.2 Å². The van der Waals surface area contributed by atoms with E-state index in [0.29, 0.717) is 20.9 Å². The van der Waals surface area contributed by atoms with Crippen LogP contribution in [0.5, 0.6) is 0 Å². The molecule has 0 amide bonds. The van der Waals surface area contributed by atoms with Gasteiger partial charge in [0.1, 0.15) is 5.82 Å². The van der Waals surface area contributed by atoms with Crippen LogP contribution in [0.25, 0.3) is 10.9 Å². The summed E-state index contributed by atoms with van der Waals surface area (Å²) in [4.78, 5) is 2.92. The van der Waals surface area contributed by atoms with E-state index < -0.39 is 11.7 Å². The molecule has 1 aromatic carbocycles. The van der Waals surface area contributed by atoms with Gasteiger partial charge in [0.2, 0.25) is 0 Å². The zero-order valence-corrected chi connectivity index (χ0v) is 10.4. The molecule has 1 heterocycles. The molecule has 3 rings (SSSR count). The van der Waals surface area contributed by atoms with Gasteiger partial charge in [0.25, 0.3) is 5.92 Å². The fourth-order valence-electron chi connectivity index (χ4n) is 2.40. The number of benzene rings is 1. The van der Waals surface area contributed by atoms with Crippen LogP contribution in [0.15, 0.2) is 16.6 Å². The Bertz CT molecular complexity index is 603. The maximum atomic E-state index is 13.7. The van der Waals surface area contributed by atoms with Crippen LogP contribution < -0.4 is 0 Å². The van der Waals surface area contributed by atoms with E-state index in [9.17, 15) is 13.2 Å². The highest BCUT2D eigenvalue weighted by Gasteiger charge is 2.36. The Labute approximate surface area is 104 Å². The van der Waals surface area contributed by atoms with Gasteiger partial charge in [0.15, 0.2) is 0 Å². The summed E-state index contributed by atoms with van der Waals surface area (Å²) < 4.78 is 41.0. The van der Waals surface area contributed by atoms with E-state index in [1.54, 1.807) is 6.07 Å². The molecule has 1 nitrogen and oxygen atoms in total. The number of rotatable bonds is 0. The quantitative estimate of drug-likeness (QED) is 0.751. The number of fused-ring (bicyclic) bond motifs is 3. The first-order chi connectivity index (χ1) is 7.96. The summed E-state index contributed by atoms with van der Waals surface area (Å²) in [6, 6.07) is 3.03. The summed E-state index contributed by atoms with van der Waals surface area (Å²) >= 11 is 3.18. The third-order valence-electron chi connectivity index (χ3n) is 3.20. The second-order valence-electron chi connectivity index (χ2n) is 4.43. The van der Waals surface area contributed by atoms with Gasteiger partial charge in [-0.2, -0.15) is 0 Å². The Balaban J connectivity index is 2.28. The molecule has 1 N–H and O–H groups in total. The molecule has 1 aromatic heterocycles. The first-order valence-corrected chi connectivity index (χ1v) is 6.12. The van der Waals surface area contributed by atoms with Gasteiger partial charge in [-0.15, -0.1) is 0 Å². The van der Waals surface area contributed by atoms with Crippen molar-refractivity contribution in [3.8, 4) is 0 Å². The lowest BCUT2D eigenvalue weighted by Gasteiger charge is -2.21. The first kappa shape index (κ1) is 11.1. The molecule has 1 aliphatic rings. The average molecular weight is 304 g/mol. The summed E-state index contributed by atoms with van der Waals surface area (Å²) in [5.41, 5.74) is 1.62. The number of halogens is 4. The zero-order valence-electron chi connectivity index (χ0n) is 8.79. The predicted octanol–water partition coefficient (Wildman–Crippen LogP) is 4.19. The topological polar surface area (TPSA) is 15.8 Å². The zero-order chi connectivity index (χ0) is 12.2. The Hall–Kier alpha value is -0.970. The van der Waals surface area contributed by atoms with Gasteiger partial charge in [0.05, 0.1) is 5.52 Å². The minimum absolute atomic E-state index is 0.171. The van der Waals surface area contributed by atoms with Crippen molar-refractivity contribution in [2.45, 2.75) is 25.2 Å². The molecule has 1 aliphatic carbocycles. The number of aromatic amines is 1. The van der Waals surface area contributed by atoms with Crippen LogP contribution in [-0.2, 0) is 12.8 Å². The normalized spacial score (nSPS) is 18.4. The molecule has 0 saturated heterocycles. The molecule has 0 bridgehead atoms. The first-order valence-electron chi connectivity index (χ1n) is 5.32. The van der Waals surface area contributed by atoms with Crippen LogP contribution in [0.1, 0.15) is 17.7 Å². The Morgan fingerprint density at radius 3 is 2.82 bits per heavy atom. The number of H-pyrrole nitrogens is 1. The number of alkyl halides is 2. The van der Waals surface area contributed by atoms with Crippen molar-refractivity contribution in [1.82, 2.24) is 4.98 Å². The smallest absolute Gasteiger partial charge is 0.252 e. The summed E-state index contributed by atoms with van der Waals surface area (Å²) in [5.74, 6) is -3.09. The molecule has 90 valence electrons. The summed E-state index contributed by atoms with van der Waals surface area (Å²) in [6.45, 7) is 0. The fraction of sp³-hybridized carbons (Fsp3) is 0.333. The maximum Gasteiger partial charge on any atom is 0.252 e. The molecular weight excluding hydrogens is 295 g/mol. The van der Waals surface area contributed by atoms with E-state index in [2.05, 4.69) is 20.9 Å². The summed E-state index contributed by atoms with van der Waals surface area (Å²) in [7, 11) is 0. The van der Waals surface area contributed by atoms with E-state index >= 15 is 0 Å². The number of aromatic nitrogens is 1. The molecule has 0 unspecified atom stereocenters. The van der Waals surface area contributed by atoms with Gasteiger partial charge >= 0.3 is 0 Å². The van der Waals surface area contributed by atoms with Crippen molar-refractivity contribution in [3.63, 3.8) is 0 Å². The third kappa shape index (κ3) is 1.76. The number of aryl methyl sites for hydroxylation is 1. The minimum Gasteiger partial charge on any atom is -0.356 e. The highest BCUT2D eigenvalue weighted by molar-refractivity contribution is 9.10. The lowest BCUT2D eigenvalue weighted by atomic mass is 9.92. The minimum atomic E-state index is -2.68. The molecule has 0 spiro atoms. The van der Waals surface area contributed by atoms with Gasteiger partial charge in [-0.05, 0) is 24.1 Å². The lowest BCUT2D eigenvalue weighted by Crippen LogP contribution is -2.25. The van der Waals surface area contributed by atoms with Crippen LogP contribution in [0.2, 0.25) is 0 Å². The monoisotopic (exact) mass is 303 g/mol. The van der Waals surface area contributed by atoms with E-state index in [1.807, 2.05) is 0 Å². The van der Waals surface area contributed by atoms with Crippen molar-refractivity contribution in [1.29, 1.82) is 0 Å². The standard InChI is InChI=1S/C12H9BrF3N/c13-6-3-7-8-5-12(15,16)2-1-10(8)17-11(7)9(14)4-6/h3-4,17H,1-2,5H2. The SMILES string of the molecule is Fc1cc(Br)cc2c3c([nH]c12)CCC(F)(F)C3. The van der Waals surface area contributed by atoms with Crippen LogP contribution in [0.3, 0.4) is 0 Å². The Morgan fingerprint density at radius 1 is 1.29 bits per heavy atom. The molecule has 2 aromatic rings. The van der Waals surface area contributed by atoms with Crippen LogP contribution >= 0.6 is 15.9 Å².